The standard InChI is InChI=1S/C12H22O2/c1-3-5-7-9-11-14-12(13)10-8-6-4-2/h3,10,13H,1,4-9,11H2,2H3. The summed E-state index contributed by atoms with van der Waals surface area (Å²) in [7, 11) is 0. The van der Waals surface area contributed by atoms with Crippen molar-refractivity contribution in [3.05, 3.63) is 24.7 Å². The van der Waals surface area contributed by atoms with E-state index in [4.69, 9.17) is 4.74 Å². The van der Waals surface area contributed by atoms with Gasteiger partial charge in [0.2, 0.25) is 0 Å². The second-order valence-corrected chi connectivity index (χ2v) is 3.32. The van der Waals surface area contributed by atoms with Crippen LogP contribution in [0.2, 0.25) is 0 Å². The first-order valence-electron chi connectivity index (χ1n) is 5.44. The Balaban J connectivity index is 3.29. The summed E-state index contributed by atoms with van der Waals surface area (Å²) >= 11 is 0. The van der Waals surface area contributed by atoms with E-state index in [2.05, 4.69) is 13.5 Å². The van der Waals surface area contributed by atoms with Crippen molar-refractivity contribution in [2.24, 2.45) is 0 Å². The molecule has 2 nitrogen and oxygen atoms in total. The SMILES string of the molecule is C=CCCCCOC(O)=CCCCC. The van der Waals surface area contributed by atoms with Gasteiger partial charge in [-0.05, 0) is 38.2 Å². The van der Waals surface area contributed by atoms with Gasteiger partial charge in [0.1, 0.15) is 0 Å². The van der Waals surface area contributed by atoms with Crippen LogP contribution in [0, 0.1) is 0 Å². The molecule has 0 aromatic carbocycles. The zero-order chi connectivity index (χ0) is 10.6. The molecule has 82 valence electrons. The maximum atomic E-state index is 9.25. The predicted molar refractivity (Wildman–Crippen MR) is 60.2 cm³/mol. The first kappa shape index (κ1) is 13.1. The Hall–Kier alpha value is -0.920. The highest BCUT2D eigenvalue weighted by molar-refractivity contribution is 4.81. The lowest BCUT2D eigenvalue weighted by molar-refractivity contribution is 0.0896. The van der Waals surface area contributed by atoms with E-state index in [0.29, 0.717) is 6.61 Å². The summed E-state index contributed by atoms with van der Waals surface area (Å²) in [5.41, 5.74) is 0. The number of hydrogen-bond donors (Lipinski definition) is 1. The molecular weight excluding hydrogens is 176 g/mol. The molecule has 0 aliphatic heterocycles. The Labute approximate surface area is 87.3 Å². The molecule has 0 saturated heterocycles. The summed E-state index contributed by atoms with van der Waals surface area (Å²) < 4.78 is 5.12. The van der Waals surface area contributed by atoms with Gasteiger partial charge >= 0.3 is 0 Å². The maximum absolute atomic E-state index is 9.25. The van der Waals surface area contributed by atoms with Gasteiger partial charge in [-0.1, -0.05) is 19.4 Å². The maximum Gasteiger partial charge on any atom is 0.272 e. The number of rotatable bonds is 9. The zero-order valence-electron chi connectivity index (χ0n) is 9.17. The first-order chi connectivity index (χ1) is 6.81. The Bertz CT molecular complexity index is 162. The summed E-state index contributed by atoms with van der Waals surface area (Å²) in [5, 5.41) is 9.25. The van der Waals surface area contributed by atoms with Gasteiger partial charge in [-0.3, -0.25) is 0 Å². The predicted octanol–water partition coefficient (Wildman–Crippen LogP) is 3.95. The van der Waals surface area contributed by atoms with Gasteiger partial charge in [0.15, 0.2) is 0 Å². The molecule has 0 fully saturated rings. The number of aliphatic hydroxyl groups is 1. The van der Waals surface area contributed by atoms with Crippen molar-refractivity contribution < 1.29 is 9.84 Å². The Kier molecular flexibility index (Phi) is 9.49. The molecule has 0 atom stereocenters. The fraction of sp³-hybridized carbons (Fsp3) is 0.667. The molecule has 0 aliphatic rings. The molecule has 0 unspecified atom stereocenters. The molecule has 0 spiro atoms. The first-order valence-corrected chi connectivity index (χ1v) is 5.44. The minimum Gasteiger partial charge on any atom is -0.481 e. The Morgan fingerprint density at radius 1 is 1.29 bits per heavy atom. The normalized spacial score (nSPS) is 11.4. The van der Waals surface area contributed by atoms with Crippen LogP contribution in [-0.2, 0) is 4.74 Å². The van der Waals surface area contributed by atoms with Gasteiger partial charge in [-0.25, -0.2) is 0 Å². The lowest BCUT2D eigenvalue weighted by atomic mass is 10.2. The molecule has 14 heavy (non-hydrogen) atoms. The van der Waals surface area contributed by atoms with Gasteiger partial charge in [0.25, 0.3) is 5.95 Å². The minimum atomic E-state index is 0.0806. The smallest absolute Gasteiger partial charge is 0.272 e. The molecule has 0 amide bonds. The molecule has 0 heterocycles. The lowest BCUT2D eigenvalue weighted by Gasteiger charge is -2.03. The van der Waals surface area contributed by atoms with Gasteiger partial charge in [0, 0.05) is 0 Å². The fourth-order valence-electron chi connectivity index (χ4n) is 1.06. The summed E-state index contributed by atoms with van der Waals surface area (Å²) in [6, 6.07) is 0. The largest absolute Gasteiger partial charge is 0.481 e. The third kappa shape index (κ3) is 9.17. The van der Waals surface area contributed by atoms with Crippen LogP contribution < -0.4 is 0 Å². The molecular formula is C12H22O2. The topological polar surface area (TPSA) is 29.5 Å². The van der Waals surface area contributed by atoms with Crippen LogP contribution in [0.1, 0.15) is 45.4 Å². The number of hydrogen-bond acceptors (Lipinski definition) is 2. The minimum absolute atomic E-state index is 0.0806. The monoisotopic (exact) mass is 198 g/mol. The third-order valence-electron chi connectivity index (χ3n) is 1.93. The number of ether oxygens (including phenoxy) is 1. The summed E-state index contributed by atoms with van der Waals surface area (Å²) in [6.07, 6.45) is 9.85. The van der Waals surface area contributed by atoms with Crippen LogP contribution in [-0.4, -0.2) is 11.7 Å². The third-order valence-corrected chi connectivity index (χ3v) is 1.93. The molecule has 1 N–H and O–H groups in total. The second-order valence-electron chi connectivity index (χ2n) is 3.32. The van der Waals surface area contributed by atoms with Crippen LogP contribution in [0.4, 0.5) is 0 Å². The molecule has 2 heteroatoms. The van der Waals surface area contributed by atoms with Gasteiger partial charge in [0.05, 0.1) is 6.61 Å². The highest BCUT2D eigenvalue weighted by Crippen LogP contribution is 2.02. The molecule has 0 aliphatic carbocycles. The van der Waals surface area contributed by atoms with Gasteiger partial charge in [-0.2, -0.15) is 0 Å². The van der Waals surface area contributed by atoms with E-state index in [1.807, 2.05) is 6.08 Å². The van der Waals surface area contributed by atoms with E-state index < -0.39 is 0 Å². The van der Waals surface area contributed by atoms with E-state index in [-0.39, 0.29) is 5.95 Å². The van der Waals surface area contributed by atoms with E-state index in [1.165, 1.54) is 0 Å². The van der Waals surface area contributed by atoms with E-state index >= 15 is 0 Å². The summed E-state index contributed by atoms with van der Waals surface area (Å²) in [6.45, 7) is 6.37. The van der Waals surface area contributed by atoms with Crippen LogP contribution in [0.5, 0.6) is 0 Å². The van der Waals surface area contributed by atoms with Crippen LogP contribution in [0.15, 0.2) is 24.7 Å². The molecule has 0 aromatic rings. The van der Waals surface area contributed by atoms with Gasteiger partial charge < -0.3 is 9.84 Å². The van der Waals surface area contributed by atoms with Crippen molar-refractivity contribution in [3.8, 4) is 0 Å². The lowest BCUT2D eigenvalue weighted by Crippen LogP contribution is -1.94. The van der Waals surface area contributed by atoms with Crippen LogP contribution in [0.25, 0.3) is 0 Å². The highest BCUT2D eigenvalue weighted by atomic mass is 16.6. The van der Waals surface area contributed by atoms with E-state index in [1.54, 1.807) is 6.08 Å². The molecule has 0 saturated carbocycles. The number of aliphatic hydroxyl groups excluding tert-OH is 1. The van der Waals surface area contributed by atoms with Crippen molar-refractivity contribution in [3.63, 3.8) is 0 Å². The van der Waals surface area contributed by atoms with Crippen molar-refractivity contribution in [2.75, 3.05) is 6.61 Å². The van der Waals surface area contributed by atoms with Gasteiger partial charge in [-0.15, -0.1) is 6.58 Å². The average Bonchev–Trinajstić information content (AvgIpc) is 2.18. The Morgan fingerprint density at radius 3 is 2.71 bits per heavy atom. The summed E-state index contributed by atoms with van der Waals surface area (Å²) in [5.74, 6) is 0.0806. The fourth-order valence-corrected chi connectivity index (χ4v) is 1.06. The van der Waals surface area contributed by atoms with E-state index in [9.17, 15) is 5.11 Å². The molecule has 0 radical (unpaired) electrons. The molecule has 0 bridgehead atoms. The van der Waals surface area contributed by atoms with Crippen LogP contribution in [0.3, 0.4) is 0 Å². The molecule has 0 rings (SSSR count). The average molecular weight is 198 g/mol. The highest BCUT2D eigenvalue weighted by Gasteiger charge is 1.93. The van der Waals surface area contributed by atoms with Crippen molar-refractivity contribution in [1.29, 1.82) is 0 Å². The summed E-state index contributed by atoms with van der Waals surface area (Å²) in [4.78, 5) is 0. The van der Waals surface area contributed by atoms with Crippen molar-refractivity contribution in [1.82, 2.24) is 0 Å². The number of allylic oxidation sites excluding steroid dienone is 2. The number of unbranched alkanes of at least 4 members (excludes halogenated alkanes) is 4. The zero-order valence-corrected chi connectivity index (χ0v) is 9.17. The molecule has 0 aromatic heterocycles. The van der Waals surface area contributed by atoms with Crippen molar-refractivity contribution in [2.45, 2.75) is 45.4 Å². The van der Waals surface area contributed by atoms with E-state index in [0.717, 1.165) is 38.5 Å². The van der Waals surface area contributed by atoms with Crippen LogP contribution >= 0.6 is 0 Å². The van der Waals surface area contributed by atoms with Crippen molar-refractivity contribution >= 4 is 0 Å². The Morgan fingerprint density at radius 2 is 2.07 bits per heavy atom. The quantitative estimate of drug-likeness (QED) is 0.345. The second kappa shape index (κ2) is 10.2.